The number of carbonyl (C=O) groups excluding carboxylic acids is 1. The predicted octanol–water partition coefficient (Wildman–Crippen LogP) is 1.94. The molecule has 3 rings (SSSR count). The number of nitrogens with zero attached hydrogens (tertiary/aromatic N) is 2. The van der Waals surface area contributed by atoms with Crippen LogP contribution in [0.5, 0.6) is 0 Å². The highest BCUT2D eigenvalue weighted by molar-refractivity contribution is 7.18. The standard InChI is InChI=1S/C14H22N4O2S/c1-2-6-16-14-17-12(15)11(21-14)13(19)18-7-8-20-10-5-3-4-9(10)18/h9-10H,2-8,15H2,1H3,(H,16,17). The number of fused-ring (bicyclic) bond motifs is 1. The van der Waals surface area contributed by atoms with Crippen molar-refractivity contribution in [2.45, 2.75) is 44.8 Å². The van der Waals surface area contributed by atoms with E-state index in [1.54, 1.807) is 0 Å². The molecule has 3 N–H and O–H groups in total. The number of hydrogen-bond acceptors (Lipinski definition) is 6. The second-order valence-electron chi connectivity index (χ2n) is 5.57. The van der Waals surface area contributed by atoms with Crippen LogP contribution in [0.2, 0.25) is 0 Å². The Balaban J connectivity index is 1.76. The highest BCUT2D eigenvalue weighted by Gasteiger charge is 2.39. The van der Waals surface area contributed by atoms with Crippen LogP contribution >= 0.6 is 11.3 Å². The van der Waals surface area contributed by atoms with E-state index in [0.717, 1.165) is 37.4 Å². The number of aromatic nitrogens is 1. The lowest BCUT2D eigenvalue weighted by molar-refractivity contribution is -0.0443. The summed E-state index contributed by atoms with van der Waals surface area (Å²) in [7, 11) is 0. The Morgan fingerprint density at radius 2 is 2.43 bits per heavy atom. The second-order valence-corrected chi connectivity index (χ2v) is 6.57. The fourth-order valence-electron chi connectivity index (χ4n) is 3.10. The Kier molecular flexibility index (Phi) is 4.30. The van der Waals surface area contributed by atoms with Gasteiger partial charge in [-0.1, -0.05) is 18.3 Å². The van der Waals surface area contributed by atoms with E-state index in [1.165, 1.54) is 11.3 Å². The van der Waals surface area contributed by atoms with Gasteiger partial charge in [0.2, 0.25) is 0 Å². The molecule has 6 nitrogen and oxygen atoms in total. The van der Waals surface area contributed by atoms with Crippen molar-refractivity contribution in [2.75, 3.05) is 30.7 Å². The van der Waals surface area contributed by atoms with Crippen molar-refractivity contribution in [3.63, 3.8) is 0 Å². The van der Waals surface area contributed by atoms with Gasteiger partial charge in [0.15, 0.2) is 5.13 Å². The molecule has 0 radical (unpaired) electrons. The lowest BCUT2D eigenvalue weighted by Gasteiger charge is -2.37. The van der Waals surface area contributed by atoms with Crippen LogP contribution in [0.4, 0.5) is 10.9 Å². The number of thiazole rings is 1. The number of amides is 1. The fourth-order valence-corrected chi connectivity index (χ4v) is 3.97. The topological polar surface area (TPSA) is 80.5 Å². The third-order valence-electron chi connectivity index (χ3n) is 4.12. The number of anilines is 2. The number of hydrogen-bond donors (Lipinski definition) is 2. The Morgan fingerprint density at radius 3 is 3.24 bits per heavy atom. The van der Waals surface area contributed by atoms with Gasteiger partial charge in [0, 0.05) is 13.1 Å². The summed E-state index contributed by atoms with van der Waals surface area (Å²) in [6.45, 7) is 4.19. The fraction of sp³-hybridized carbons (Fsp3) is 0.714. The number of nitrogens with two attached hydrogens (primary N) is 1. The van der Waals surface area contributed by atoms with Gasteiger partial charge in [-0.15, -0.1) is 0 Å². The molecule has 1 aromatic heterocycles. The lowest BCUT2D eigenvalue weighted by atomic mass is 10.1. The predicted molar refractivity (Wildman–Crippen MR) is 83.7 cm³/mol. The van der Waals surface area contributed by atoms with E-state index in [-0.39, 0.29) is 18.1 Å². The minimum atomic E-state index is 0.00903. The minimum Gasteiger partial charge on any atom is -0.382 e. The molecule has 1 amide bonds. The van der Waals surface area contributed by atoms with E-state index in [4.69, 9.17) is 10.5 Å². The zero-order chi connectivity index (χ0) is 14.8. The van der Waals surface area contributed by atoms with E-state index < -0.39 is 0 Å². The van der Waals surface area contributed by atoms with E-state index in [0.29, 0.717) is 23.8 Å². The minimum absolute atomic E-state index is 0.00903. The second kappa shape index (κ2) is 6.19. The zero-order valence-electron chi connectivity index (χ0n) is 12.3. The molecule has 2 aliphatic rings. The molecule has 7 heteroatoms. The molecule has 1 aromatic rings. The van der Waals surface area contributed by atoms with Crippen molar-refractivity contribution in [3.05, 3.63) is 4.88 Å². The van der Waals surface area contributed by atoms with Gasteiger partial charge in [-0.3, -0.25) is 4.79 Å². The van der Waals surface area contributed by atoms with Crippen molar-refractivity contribution >= 4 is 28.2 Å². The first-order valence-corrected chi connectivity index (χ1v) is 8.45. The van der Waals surface area contributed by atoms with Crippen LogP contribution in [0.25, 0.3) is 0 Å². The number of rotatable bonds is 4. The maximum atomic E-state index is 12.8. The van der Waals surface area contributed by atoms with E-state index >= 15 is 0 Å². The van der Waals surface area contributed by atoms with Crippen LogP contribution in [0.3, 0.4) is 0 Å². The van der Waals surface area contributed by atoms with Crippen LogP contribution in [-0.4, -0.2) is 47.6 Å². The summed E-state index contributed by atoms with van der Waals surface area (Å²) in [5, 5.41) is 3.92. The third-order valence-corrected chi connectivity index (χ3v) is 5.13. The van der Waals surface area contributed by atoms with Crippen molar-refractivity contribution in [1.29, 1.82) is 0 Å². The van der Waals surface area contributed by atoms with Crippen LogP contribution < -0.4 is 11.1 Å². The Hall–Kier alpha value is -1.34. The highest BCUT2D eigenvalue weighted by Crippen LogP contribution is 2.33. The Labute approximate surface area is 128 Å². The molecular weight excluding hydrogens is 288 g/mol. The summed E-state index contributed by atoms with van der Waals surface area (Å²) in [5.74, 6) is 0.347. The van der Waals surface area contributed by atoms with Crippen LogP contribution in [0, 0.1) is 0 Å². The summed E-state index contributed by atoms with van der Waals surface area (Å²) in [6, 6.07) is 0.208. The normalized spacial score (nSPS) is 24.9. The number of nitrogen functional groups attached to an aromatic ring is 1. The first-order chi connectivity index (χ1) is 10.2. The van der Waals surface area contributed by atoms with Gasteiger partial charge in [-0.2, -0.15) is 0 Å². The van der Waals surface area contributed by atoms with Crippen molar-refractivity contribution in [1.82, 2.24) is 9.88 Å². The molecule has 21 heavy (non-hydrogen) atoms. The van der Waals surface area contributed by atoms with Gasteiger partial charge < -0.3 is 20.7 Å². The molecule has 0 aromatic carbocycles. The lowest BCUT2D eigenvalue weighted by Crippen LogP contribution is -2.51. The van der Waals surface area contributed by atoms with Gasteiger partial charge in [0.1, 0.15) is 10.7 Å². The monoisotopic (exact) mass is 310 g/mol. The largest absolute Gasteiger partial charge is 0.382 e. The SMILES string of the molecule is CCCNc1nc(N)c(C(=O)N2CCOC3CCCC32)s1. The van der Waals surface area contributed by atoms with Crippen molar-refractivity contribution < 1.29 is 9.53 Å². The van der Waals surface area contributed by atoms with E-state index in [2.05, 4.69) is 17.2 Å². The van der Waals surface area contributed by atoms with E-state index in [9.17, 15) is 4.79 Å². The average Bonchev–Trinajstić information content (AvgIpc) is 3.10. The first kappa shape index (κ1) is 14.6. The van der Waals surface area contributed by atoms with Crippen molar-refractivity contribution in [2.24, 2.45) is 0 Å². The smallest absolute Gasteiger partial charge is 0.268 e. The molecule has 116 valence electrons. The Bertz CT molecular complexity index is 519. The molecule has 1 saturated carbocycles. The highest BCUT2D eigenvalue weighted by atomic mass is 32.1. The average molecular weight is 310 g/mol. The molecule has 2 unspecified atom stereocenters. The number of morpholine rings is 1. The quantitative estimate of drug-likeness (QED) is 0.888. The van der Waals surface area contributed by atoms with Crippen LogP contribution in [-0.2, 0) is 4.74 Å². The first-order valence-electron chi connectivity index (χ1n) is 7.63. The molecule has 2 atom stereocenters. The van der Waals surface area contributed by atoms with Gasteiger partial charge >= 0.3 is 0 Å². The van der Waals surface area contributed by atoms with Gasteiger partial charge in [0.25, 0.3) is 5.91 Å². The molecule has 1 saturated heterocycles. The number of carbonyl (C=O) groups is 1. The molecule has 2 heterocycles. The van der Waals surface area contributed by atoms with Crippen LogP contribution in [0.15, 0.2) is 0 Å². The molecule has 2 fully saturated rings. The van der Waals surface area contributed by atoms with Crippen molar-refractivity contribution in [3.8, 4) is 0 Å². The molecule has 0 spiro atoms. The summed E-state index contributed by atoms with van der Waals surface area (Å²) >= 11 is 1.36. The van der Waals surface area contributed by atoms with Gasteiger partial charge in [-0.05, 0) is 25.7 Å². The van der Waals surface area contributed by atoms with E-state index in [1.807, 2.05) is 4.90 Å². The third kappa shape index (κ3) is 2.85. The van der Waals surface area contributed by atoms with Crippen LogP contribution in [0.1, 0.15) is 42.3 Å². The summed E-state index contributed by atoms with van der Waals surface area (Å²) in [4.78, 5) is 19.5. The maximum absolute atomic E-state index is 12.8. The molecule has 0 bridgehead atoms. The summed E-state index contributed by atoms with van der Waals surface area (Å²) in [5.41, 5.74) is 5.94. The molecule has 1 aliphatic heterocycles. The maximum Gasteiger partial charge on any atom is 0.268 e. The van der Waals surface area contributed by atoms with Gasteiger partial charge in [-0.25, -0.2) is 4.98 Å². The summed E-state index contributed by atoms with van der Waals surface area (Å²) < 4.78 is 5.76. The Morgan fingerprint density at radius 1 is 1.57 bits per heavy atom. The zero-order valence-corrected chi connectivity index (χ0v) is 13.1. The number of ether oxygens (including phenoxy) is 1. The number of nitrogens with one attached hydrogen (secondary N) is 1. The summed E-state index contributed by atoms with van der Waals surface area (Å²) in [6.07, 6.45) is 4.41. The van der Waals surface area contributed by atoms with Gasteiger partial charge in [0.05, 0.1) is 18.8 Å². The molecule has 1 aliphatic carbocycles. The molecular formula is C14H22N4O2S.